The molecule has 3 rings (SSSR count). The molecular weight excluding hydrogens is 313 g/mol. The van der Waals surface area contributed by atoms with E-state index in [-0.39, 0.29) is 5.13 Å². The third-order valence-corrected chi connectivity index (χ3v) is 4.12. The summed E-state index contributed by atoms with van der Waals surface area (Å²) in [5, 5.41) is 4.13. The van der Waals surface area contributed by atoms with Crippen molar-refractivity contribution in [2.24, 2.45) is 7.05 Å². The number of thiazole rings is 1. The van der Waals surface area contributed by atoms with Crippen LogP contribution in [0, 0.1) is 6.92 Å². The number of benzene rings is 1. The first-order valence-corrected chi connectivity index (χ1v) is 7.41. The number of imidazole rings is 1. The second-order valence-corrected chi connectivity index (χ2v) is 5.83. The molecule has 0 amide bonds. The molecule has 0 fully saturated rings. The van der Waals surface area contributed by atoms with Gasteiger partial charge in [0.15, 0.2) is 10.8 Å². The molecule has 0 saturated heterocycles. The number of halogens is 3. The largest absolute Gasteiger partial charge is 0.434 e. The fraction of sp³-hybridized carbons (Fsp3) is 0.286. The molecular formula is C14H13F3N4S. The summed E-state index contributed by atoms with van der Waals surface area (Å²) in [6.45, 7) is 2.30. The summed E-state index contributed by atoms with van der Waals surface area (Å²) in [5.41, 5.74) is 2.09. The molecule has 1 N–H and O–H groups in total. The zero-order valence-electron chi connectivity index (χ0n) is 11.9. The SMILES string of the molecule is Cc1ccc2c(c1)nc(CNc1nc(C(F)(F)F)cs1)n2C. The number of alkyl halides is 3. The van der Waals surface area contributed by atoms with Gasteiger partial charge >= 0.3 is 6.18 Å². The highest BCUT2D eigenvalue weighted by molar-refractivity contribution is 7.13. The average molecular weight is 326 g/mol. The lowest BCUT2D eigenvalue weighted by molar-refractivity contribution is -0.140. The molecule has 0 spiro atoms. The zero-order chi connectivity index (χ0) is 15.9. The standard InChI is InChI=1S/C14H13F3N4S/c1-8-3-4-10-9(5-8)19-12(21(10)2)6-18-13-20-11(7-22-13)14(15,16)17/h3-5,7H,6H2,1-2H3,(H,18,20). The first kappa shape index (κ1) is 14.8. The molecule has 0 radical (unpaired) electrons. The Balaban J connectivity index is 1.79. The lowest BCUT2D eigenvalue weighted by Crippen LogP contribution is -2.08. The molecule has 2 heterocycles. The molecule has 0 aliphatic heterocycles. The minimum Gasteiger partial charge on any atom is -0.354 e. The third-order valence-electron chi connectivity index (χ3n) is 3.32. The van der Waals surface area contributed by atoms with Gasteiger partial charge in [-0.05, 0) is 24.6 Å². The first-order valence-electron chi connectivity index (χ1n) is 6.53. The Hall–Kier alpha value is -2.09. The van der Waals surface area contributed by atoms with Crippen LogP contribution in [0.5, 0.6) is 0 Å². The predicted molar refractivity (Wildman–Crippen MR) is 79.9 cm³/mol. The Morgan fingerprint density at radius 3 is 2.73 bits per heavy atom. The summed E-state index contributed by atoms with van der Waals surface area (Å²) < 4.78 is 39.4. The highest BCUT2D eigenvalue weighted by atomic mass is 32.1. The number of nitrogens with zero attached hydrogens (tertiary/aromatic N) is 3. The van der Waals surface area contributed by atoms with Gasteiger partial charge in [-0.15, -0.1) is 11.3 Å². The molecule has 0 bridgehead atoms. The molecule has 1 aromatic carbocycles. The van der Waals surface area contributed by atoms with Gasteiger partial charge in [0.2, 0.25) is 0 Å². The second kappa shape index (κ2) is 5.28. The van der Waals surface area contributed by atoms with Crippen molar-refractivity contribution in [1.29, 1.82) is 0 Å². The molecule has 3 aromatic rings. The van der Waals surface area contributed by atoms with Gasteiger partial charge in [0, 0.05) is 12.4 Å². The van der Waals surface area contributed by atoms with Gasteiger partial charge in [-0.25, -0.2) is 9.97 Å². The van der Waals surface area contributed by atoms with E-state index in [1.807, 2.05) is 36.7 Å². The molecule has 116 valence electrons. The molecule has 2 aromatic heterocycles. The number of nitrogens with one attached hydrogen (secondary N) is 1. The van der Waals surface area contributed by atoms with Crippen molar-refractivity contribution in [1.82, 2.24) is 14.5 Å². The molecule has 0 atom stereocenters. The lowest BCUT2D eigenvalue weighted by Gasteiger charge is -2.04. The number of hydrogen-bond donors (Lipinski definition) is 1. The summed E-state index contributed by atoms with van der Waals surface area (Å²) in [6, 6.07) is 5.95. The zero-order valence-corrected chi connectivity index (χ0v) is 12.7. The fourth-order valence-electron chi connectivity index (χ4n) is 2.16. The van der Waals surface area contributed by atoms with Gasteiger partial charge in [0.05, 0.1) is 17.6 Å². The predicted octanol–water partition coefficient (Wildman–Crippen LogP) is 3.97. The Morgan fingerprint density at radius 1 is 1.27 bits per heavy atom. The van der Waals surface area contributed by atoms with E-state index in [0.29, 0.717) is 6.54 Å². The van der Waals surface area contributed by atoms with Crippen molar-refractivity contribution in [3.05, 3.63) is 40.7 Å². The van der Waals surface area contributed by atoms with E-state index in [9.17, 15) is 13.2 Å². The van der Waals surface area contributed by atoms with E-state index in [1.54, 1.807) is 0 Å². The van der Waals surface area contributed by atoms with Crippen LogP contribution in [0.15, 0.2) is 23.6 Å². The van der Waals surface area contributed by atoms with Gasteiger partial charge in [-0.1, -0.05) is 6.07 Å². The molecule has 0 aliphatic carbocycles. The fourth-order valence-corrected chi connectivity index (χ4v) is 2.87. The molecule has 8 heteroatoms. The van der Waals surface area contributed by atoms with Crippen molar-refractivity contribution >= 4 is 27.5 Å². The quantitative estimate of drug-likeness (QED) is 0.792. The van der Waals surface area contributed by atoms with Crippen molar-refractivity contribution in [2.75, 3.05) is 5.32 Å². The summed E-state index contributed by atoms with van der Waals surface area (Å²) in [5.74, 6) is 0.740. The maximum Gasteiger partial charge on any atom is 0.434 e. The monoisotopic (exact) mass is 326 g/mol. The van der Waals surface area contributed by atoms with Crippen molar-refractivity contribution in [2.45, 2.75) is 19.6 Å². The highest BCUT2D eigenvalue weighted by Crippen LogP contribution is 2.31. The number of hydrogen-bond acceptors (Lipinski definition) is 4. The number of aryl methyl sites for hydroxylation is 2. The summed E-state index contributed by atoms with van der Waals surface area (Å²) in [4.78, 5) is 8.04. The van der Waals surface area contributed by atoms with Crippen LogP contribution in [0.4, 0.5) is 18.3 Å². The van der Waals surface area contributed by atoms with Gasteiger partial charge in [-0.2, -0.15) is 13.2 Å². The smallest absolute Gasteiger partial charge is 0.354 e. The van der Waals surface area contributed by atoms with Crippen LogP contribution < -0.4 is 5.32 Å². The summed E-state index contributed by atoms with van der Waals surface area (Å²) in [7, 11) is 1.88. The van der Waals surface area contributed by atoms with Gasteiger partial charge < -0.3 is 9.88 Å². The van der Waals surface area contributed by atoms with Gasteiger partial charge in [0.1, 0.15) is 5.82 Å². The minimum absolute atomic E-state index is 0.232. The number of aromatic nitrogens is 3. The molecule has 0 aliphatic rings. The maximum atomic E-state index is 12.5. The number of fused-ring (bicyclic) bond motifs is 1. The van der Waals surface area contributed by atoms with Crippen molar-refractivity contribution < 1.29 is 13.2 Å². The van der Waals surface area contributed by atoms with E-state index in [2.05, 4.69) is 15.3 Å². The molecule has 0 saturated carbocycles. The van der Waals surface area contributed by atoms with Crippen LogP contribution >= 0.6 is 11.3 Å². The van der Waals surface area contributed by atoms with Crippen molar-refractivity contribution in [3.63, 3.8) is 0 Å². The Morgan fingerprint density at radius 2 is 2.05 bits per heavy atom. The summed E-state index contributed by atoms with van der Waals surface area (Å²) in [6.07, 6.45) is -4.41. The van der Waals surface area contributed by atoms with Crippen molar-refractivity contribution in [3.8, 4) is 0 Å². The molecule has 4 nitrogen and oxygen atoms in total. The summed E-state index contributed by atoms with van der Waals surface area (Å²) >= 11 is 0.932. The van der Waals surface area contributed by atoms with Crippen LogP contribution in [0.1, 0.15) is 17.1 Å². The van der Waals surface area contributed by atoms with E-state index >= 15 is 0 Å². The topological polar surface area (TPSA) is 42.7 Å². The van der Waals surface area contributed by atoms with Crippen LogP contribution in [0.25, 0.3) is 11.0 Å². The van der Waals surface area contributed by atoms with E-state index < -0.39 is 11.9 Å². The van der Waals surface area contributed by atoms with Crippen LogP contribution in [-0.2, 0) is 19.8 Å². The van der Waals surface area contributed by atoms with Crippen LogP contribution in [0.3, 0.4) is 0 Å². The minimum atomic E-state index is -4.41. The van der Waals surface area contributed by atoms with Crippen LogP contribution in [0.2, 0.25) is 0 Å². The Bertz CT molecular complexity index is 819. The normalized spacial score (nSPS) is 12.0. The lowest BCUT2D eigenvalue weighted by atomic mass is 10.2. The van der Waals surface area contributed by atoms with Crippen LogP contribution in [-0.4, -0.2) is 14.5 Å². The van der Waals surface area contributed by atoms with E-state index in [1.165, 1.54) is 0 Å². The third kappa shape index (κ3) is 2.78. The number of anilines is 1. The first-order chi connectivity index (χ1) is 10.3. The van der Waals surface area contributed by atoms with E-state index in [0.717, 1.165) is 39.1 Å². The van der Waals surface area contributed by atoms with E-state index in [4.69, 9.17) is 0 Å². The Labute approximate surface area is 128 Å². The highest BCUT2D eigenvalue weighted by Gasteiger charge is 2.33. The maximum absolute atomic E-state index is 12.5. The van der Waals surface area contributed by atoms with Gasteiger partial charge in [0.25, 0.3) is 0 Å². The molecule has 0 unspecified atom stereocenters. The average Bonchev–Trinajstić information content (AvgIpc) is 3.01. The Kier molecular flexibility index (Phi) is 3.56. The number of rotatable bonds is 3. The second-order valence-electron chi connectivity index (χ2n) is 4.97. The van der Waals surface area contributed by atoms with Gasteiger partial charge in [-0.3, -0.25) is 0 Å². The molecule has 22 heavy (non-hydrogen) atoms.